The number of hydrogen-bond acceptors (Lipinski definition) is 7. The van der Waals surface area contributed by atoms with Crippen molar-refractivity contribution in [3.05, 3.63) is 62.0 Å². The van der Waals surface area contributed by atoms with Crippen molar-refractivity contribution in [3.8, 4) is 0 Å². The number of allylic oxidation sites excluding steroid dienone is 2. The number of hydrogen-bond donors (Lipinski definition) is 1. The monoisotopic (exact) mass is 428 g/mol. The Kier molecular flexibility index (Phi) is 7.19. The molecule has 1 aromatic carbocycles. The van der Waals surface area contributed by atoms with Crippen LogP contribution in [0.3, 0.4) is 0 Å². The molecule has 1 atom stereocenters. The number of rotatable bonds is 7. The van der Waals surface area contributed by atoms with Gasteiger partial charge in [0.1, 0.15) is 12.5 Å². The van der Waals surface area contributed by atoms with Crippen molar-refractivity contribution < 1.29 is 37.2 Å². The highest BCUT2D eigenvalue weighted by Gasteiger charge is 2.43. The summed E-state index contributed by atoms with van der Waals surface area (Å²) in [6.45, 7) is 1.75. The van der Waals surface area contributed by atoms with Crippen LogP contribution in [0.2, 0.25) is 0 Å². The number of benzene rings is 1. The van der Waals surface area contributed by atoms with Crippen LogP contribution in [0.4, 0.5) is 18.9 Å². The van der Waals surface area contributed by atoms with Gasteiger partial charge < -0.3 is 14.8 Å². The van der Waals surface area contributed by atoms with Gasteiger partial charge in [-0.2, -0.15) is 4.39 Å². The molecular weight excluding hydrogens is 409 g/mol. The zero-order valence-corrected chi connectivity index (χ0v) is 16.4. The van der Waals surface area contributed by atoms with Gasteiger partial charge in [-0.3, -0.25) is 10.1 Å². The fourth-order valence-electron chi connectivity index (χ4n) is 3.15. The highest BCUT2D eigenvalue weighted by molar-refractivity contribution is 6.00. The number of nitro benzene ring substituents is 1. The van der Waals surface area contributed by atoms with Gasteiger partial charge in [0, 0.05) is 17.3 Å². The van der Waals surface area contributed by atoms with Crippen molar-refractivity contribution in [2.45, 2.75) is 26.2 Å². The van der Waals surface area contributed by atoms with Crippen LogP contribution in [-0.2, 0) is 19.1 Å². The standard InChI is InChI=1S/C19H19F3N2O6/c1-4-7-30-19(26)13-9(2)23-11(8-20)15(18(25)29-3)16(13)14-10(21)5-6-12(17(14)22)24(27)28/h5-6,16,23H,4,7-8H2,1-3H3. The third kappa shape index (κ3) is 4.14. The Balaban J connectivity index is 2.87. The summed E-state index contributed by atoms with van der Waals surface area (Å²) in [4.78, 5) is 35.2. The van der Waals surface area contributed by atoms with E-state index in [1.807, 2.05) is 0 Å². The van der Waals surface area contributed by atoms with Crippen LogP contribution in [0.15, 0.2) is 34.7 Å². The number of ether oxygens (including phenoxy) is 2. The average molecular weight is 428 g/mol. The summed E-state index contributed by atoms with van der Waals surface area (Å²) in [7, 11) is 0.961. The fourth-order valence-corrected chi connectivity index (χ4v) is 3.15. The number of nitrogens with zero attached hydrogens (tertiary/aromatic N) is 1. The summed E-state index contributed by atoms with van der Waals surface area (Å²) in [6.07, 6.45) is 0.436. The molecule has 11 heteroatoms. The van der Waals surface area contributed by atoms with Crippen LogP contribution in [0, 0.1) is 21.7 Å². The Morgan fingerprint density at radius 2 is 1.90 bits per heavy atom. The molecule has 1 N–H and O–H groups in total. The van der Waals surface area contributed by atoms with Crippen molar-refractivity contribution in [1.29, 1.82) is 0 Å². The molecule has 1 aromatic rings. The lowest BCUT2D eigenvalue weighted by atomic mass is 9.79. The third-order valence-electron chi connectivity index (χ3n) is 4.43. The average Bonchev–Trinajstić information content (AvgIpc) is 2.70. The molecule has 0 saturated carbocycles. The Hall–Kier alpha value is -3.37. The van der Waals surface area contributed by atoms with E-state index in [4.69, 9.17) is 4.74 Å². The number of nitro groups is 1. The van der Waals surface area contributed by atoms with Gasteiger partial charge in [0.15, 0.2) is 0 Å². The predicted molar refractivity (Wildman–Crippen MR) is 97.9 cm³/mol. The summed E-state index contributed by atoms with van der Waals surface area (Å²) in [5.41, 5.74) is -3.42. The zero-order valence-electron chi connectivity index (χ0n) is 16.4. The van der Waals surface area contributed by atoms with Gasteiger partial charge in [0.25, 0.3) is 0 Å². The second-order valence-corrected chi connectivity index (χ2v) is 6.30. The van der Waals surface area contributed by atoms with Crippen molar-refractivity contribution in [1.82, 2.24) is 5.32 Å². The lowest BCUT2D eigenvalue weighted by molar-refractivity contribution is -0.387. The summed E-state index contributed by atoms with van der Waals surface area (Å²) in [5.74, 6) is -6.87. The Morgan fingerprint density at radius 3 is 2.43 bits per heavy atom. The number of carbonyl (C=O) groups is 2. The molecule has 1 aliphatic rings. The van der Waals surface area contributed by atoms with E-state index in [1.54, 1.807) is 6.92 Å². The predicted octanol–water partition coefficient (Wildman–Crippen LogP) is 3.18. The molecular formula is C19H19F3N2O6. The maximum atomic E-state index is 15.0. The number of halogens is 3. The molecule has 30 heavy (non-hydrogen) atoms. The Bertz CT molecular complexity index is 958. The molecule has 0 saturated heterocycles. The zero-order chi connectivity index (χ0) is 22.6. The van der Waals surface area contributed by atoms with Gasteiger partial charge in [-0.25, -0.2) is 18.4 Å². The van der Waals surface area contributed by atoms with Crippen molar-refractivity contribution in [2.75, 3.05) is 20.4 Å². The number of nitrogens with one attached hydrogen (secondary N) is 1. The van der Waals surface area contributed by atoms with Crippen molar-refractivity contribution in [3.63, 3.8) is 0 Å². The van der Waals surface area contributed by atoms with E-state index < -0.39 is 57.9 Å². The normalized spacial score (nSPS) is 16.3. The first-order valence-corrected chi connectivity index (χ1v) is 8.83. The molecule has 0 amide bonds. The highest BCUT2D eigenvalue weighted by Crippen LogP contribution is 2.43. The molecule has 0 aromatic heterocycles. The van der Waals surface area contributed by atoms with Gasteiger partial charge >= 0.3 is 17.6 Å². The molecule has 0 radical (unpaired) electrons. The molecule has 8 nitrogen and oxygen atoms in total. The van der Waals surface area contributed by atoms with E-state index in [-0.39, 0.29) is 23.6 Å². The summed E-state index contributed by atoms with van der Waals surface area (Å²) in [5, 5.41) is 13.7. The summed E-state index contributed by atoms with van der Waals surface area (Å²) >= 11 is 0. The van der Waals surface area contributed by atoms with E-state index >= 15 is 4.39 Å². The molecule has 0 aliphatic carbocycles. The first-order valence-electron chi connectivity index (χ1n) is 8.83. The summed E-state index contributed by atoms with van der Waals surface area (Å²) in [6, 6.07) is 1.24. The van der Waals surface area contributed by atoms with Gasteiger partial charge in [-0.1, -0.05) is 6.92 Å². The Labute approximate surface area is 169 Å². The maximum absolute atomic E-state index is 15.0. The van der Waals surface area contributed by atoms with Crippen LogP contribution in [-0.4, -0.2) is 37.3 Å². The van der Waals surface area contributed by atoms with Gasteiger partial charge in [-0.05, 0) is 19.4 Å². The van der Waals surface area contributed by atoms with Gasteiger partial charge in [-0.15, -0.1) is 0 Å². The number of carbonyl (C=O) groups excluding carboxylic acids is 2. The second-order valence-electron chi connectivity index (χ2n) is 6.30. The number of alkyl halides is 1. The fraction of sp³-hybridized carbons (Fsp3) is 0.368. The molecule has 1 unspecified atom stereocenters. The van der Waals surface area contributed by atoms with Crippen LogP contribution >= 0.6 is 0 Å². The van der Waals surface area contributed by atoms with Gasteiger partial charge in [0.05, 0.1) is 41.4 Å². The molecule has 0 spiro atoms. The van der Waals surface area contributed by atoms with Crippen molar-refractivity contribution in [2.24, 2.45) is 0 Å². The Morgan fingerprint density at radius 1 is 1.23 bits per heavy atom. The minimum atomic E-state index is -1.83. The topological polar surface area (TPSA) is 108 Å². The maximum Gasteiger partial charge on any atom is 0.336 e. The smallest absolute Gasteiger partial charge is 0.336 e. The molecule has 1 heterocycles. The minimum absolute atomic E-state index is 0.0216. The van der Waals surface area contributed by atoms with Crippen LogP contribution < -0.4 is 5.32 Å². The number of esters is 2. The minimum Gasteiger partial charge on any atom is -0.466 e. The summed E-state index contributed by atoms with van der Waals surface area (Å²) < 4.78 is 53.1. The largest absolute Gasteiger partial charge is 0.466 e. The number of dihydropyridines is 1. The van der Waals surface area contributed by atoms with Crippen molar-refractivity contribution >= 4 is 17.6 Å². The first kappa shape index (κ1) is 22.9. The highest BCUT2D eigenvalue weighted by atomic mass is 19.1. The van der Waals surface area contributed by atoms with Crippen LogP contribution in [0.1, 0.15) is 31.7 Å². The van der Waals surface area contributed by atoms with E-state index in [9.17, 15) is 28.5 Å². The molecule has 0 bridgehead atoms. The van der Waals surface area contributed by atoms with E-state index in [0.29, 0.717) is 18.6 Å². The van der Waals surface area contributed by atoms with Crippen LogP contribution in [0.5, 0.6) is 0 Å². The SMILES string of the molecule is CCCOC(=O)C1=C(C)NC(CF)=C(C(=O)OC)C1c1c(F)ccc([N+](=O)[O-])c1F. The second kappa shape index (κ2) is 9.42. The lowest BCUT2D eigenvalue weighted by Crippen LogP contribution is -2.34. The molecule has 2 rings (SSSR count). The van der Waals surface area contributed by atoms with E-state index in [2.05, 4.69) is 10.1 Å². The molecule has 162 valence electrons. The lowest BCUT2D eigenvalue weighted by Gasteiger charge is -2.30. The quantitative estimate of drug-likeness (QED) is 0.404. The van der Waals surface area contributed by atoms with E-state index in [0.717, 1.165) is 7.11 Å². The molecule has 0 fully saturated rings. The first-order chi connectivity index (χ1) is 14.2. The molecule has 1 aliphatic heterocycles. The third-order valence-corrected chi connectivity index (χ3v) is 4.43. The van der Waals surface area contributed by atoms with E-state index in [1.165, 1.54) is 6.92 Å². The number of methoxy groups -OCH3 is 1. The van der Waals surface area contributed by atoms with Gasteiger partial charge in [0.2, 0.25) is 5.82 Å². The van der Waals surface area contributed by atoms with Crippen LogP contribution in [0.25, 0.3) is 0 Å².